The highest BCUT2D eigenvalue weighted by atomic mass is 19.4. The van der Waals surface area contributed by atoms with Crippen LogP contribution in [0.1, 0.15) is 36.4 Å². The maximum Gasteiger partial charge on any atom is 0.573 e. The van der Waals surface area contributed by atoms with Crippen LogP contribution in [0.15, 0.2) is 24.3 Å². The van der Waals surface area contributed by atoms with E-state index in [0.717, 1.165) is 24.4 Å². The Morgan fingerprint density at radius 3 is 2.65 bits per heavy atom. The summed E-state index contributed by atoms with van der Waals surface area (Å²) in [5.74, 6) is -1.26. The van der Waals surface area contributed by atoms with Crippen LogP contribution in [0.5, 0.6) is 11.6 Å². The molecule has 5 nitrogen and oxygen atoms in total. The van der Waals surface area contributed by atoms with Crippen LogP contribution in [-0.4, -0.2) is 36.3 Å². The molecule has 0 bridgehead atoms. The first-order chi connectivity index (χ1) is 12.4. The zero-order valence-electron chi connectivity index (χ0n) is 14.1. The number of alkyl halides is 3. The molecule has 1 saturated heterocycles. The van der Waals surface area contributed by atoms with Gasteiger partial charge in [0.15, 0.2) is 11.6 Å². The molecule has 1 fully saturated rings. The van der Waals surface area contributed by atoms with E-state index in [1.165, 1.54) is 6.07 Å². The van der Waals surface area contributed by atoms with Gasteiger partial charge in [0.1, 0.15) is 0 Å². The zero-order valence-corrected chi connectivity index (χ0v) is 14.1. The maximum absolute atomic E-state index is 14.0. The van der Waals surface area contributed by atoms with Crippen molar-refractivity contribution in [3.63, 3.8) is 0 Å². The van der Waals surface area contributed by atoms with Gasteiger partial charge in [0.05, 0.1) is 6.61 Å². The van der Waals surface area contributed by atoms with Crippen LogP contribution >= 0.6 is 0 Å². The van der Waals surface area contributed by atoms with Crippen LogP contribution in [0.25, 0.3) is 0 Å². The summed E-state index contributed by atoms with van der Waals surface area (Å²) in [5, 5.41) is 10.3. The Labute approximate surface area is 147 Å². The summed E-state index contributed by atoms with van der Waals surface area (Å²) >= 11 is 0. The molecule has 1 aromatic heterocycles. The Balaban J connectivity index is 1.71. The van der Waals surface area contributed by atoms with E-state index < -0.39 is 17.9 Å². The molecule has 2 heterocycles. The van der Waals surface area contributed by atoms with E-state index in [9.17, 15) is 17.6 Å². The van der Waals surface area contributed by atoms with Gasteiger partial charge in [-0.05, 0) is 37.0 Å². The molecule has 2 unspecified atom stereocenters. The Bertz CT molecular complexity index is 748. The molecule has 0 amide bonds. The van der Waals surface area contributed by atoms with Crippen LogP contribution in [0.2, 0.25) is 0 Å². The number of H-pyrrole nitrogens is 1. The first-order valence-electron chi connectivity index (χ1n) is 8.29. The fourth-order valence-corrected chi connectivity index (χ4v) is 3.16. The molecule has 2 atom stereocenters. The van der Waals surface area contributed by atoms with E-state index in [0.29, 0.717) is 31.0 Å². The molecule has 1 aromatic carbocycles. The summed E-state index contributed by atoms with van der Waals surface area (Å²) in [6.07, 6.45) is -4.21. The number of benzene rings is 1. The lowest BCUT2D eigenvalue weighted by molar-refractivity contribution is -0.275. The summed E-state index contributed by atoms with van der Waals surface area (Å²) in [4.78, 5) is 0. The fraction of sp³-hybridized carbons (Fsp3) is 0.471. The van der Waals surface area contributed by atoms with Crippen LogP contribution < -0.4 is 14.8 Å². The van der Waals surface area contributed by atoms with E-state index in [1.54, 1.807) is 0 Å². The SMILES string of the molecule is CCOc1cc(C2CNCC(c3ccc(OC(F)(F)F)c(F)c3)C2)[nH]n1. The van der Waals surface area contributed by atoms with Crippen molar-refractivity contribution in [2.24, 2.45) is 0 Å². The third kappa shape index (κ3) is 4.46. The number of nitrogens with zero attached hydrogens (tertiary/aromatic N) is 1. The molecule has 0 saturated carbocycles. The van der Waals surface area contributed by atoms with Crippen LogP contribution in [0.4, 0.5) is 17.6 Å². The Morgan fingerprint density at radius 1 is 1.19 bits per heavy atom. The van der Waals surface area contributed by atoms with Gasteiger partial charge in [-0.25, -0.2) is 4.39 Å². The smallest absolute Gasteiger partial charge is 0.477 e. The highest BCUT2D eigenvalue weighted by Gasteiger charge is 2.33. The monoisotopic (exact) mass is 373 g/mol. The molecule has 1 aliphatic rings. The van der Waals surface area contributed by atoms with Gasteiger partial charge >= 0.3 is 6.36 Å². The summed E-state index contributed by atoms with van der Waals surface area (Å²) < 4.78 is 59.7. The lowest BCUT2D eigenvalue weighted by Gasteiger charge is -2.29. The Morgan fingerprint density at radius 2 is 1.96 bits per heavy atom. The van der Waals surface area contributed by atoms with Crippen molar-refractivity contribution in [2.45, 2.75) is 31.5 Å². The number of aromatic nitrogens is 2. The number of aromatic amines is 1. The highest BCUT2D eigenvalue weighted by Crippen LogP contribution is 2.35. The minimum atomic E-state index is -4.92. The molecule has 3 rings (SSSR count). The second-order valence-corrected chi connectivity index (χ2v) is 6.12. The molecular weight excluding hydrogens is 354 g/mol. The molecule has 2 aromatic rings. The summed E-state index contributed by atoms with van der Waals surface area (Å²) in [7, 11) is 0. The van der Waals surface area contributed by atoms with Gasteiger partial charge < -0.3 is 14.8 Å². The highest BCUT2D eigenvalue weighted by molar-refractivity contribution is 5.32. The zero-order chi connectivity index (χ0) is 18.7. The predicted octanol–water partition coefficient (Wildman–Crippen LogP) is 3.71. The van der Waals surface area contributed by atoms with Crippen molar-refractivity contribution in [3.8, 4) is 11.6 Å². The first kappa shape index (κ1) is 18.5. The molecule has 2 N–H and O–H groups in total. The minimum Gasteiger partial charge on any atom is -0.477 e. The van der Waals surface area contributed by atoms with Gasteiger partial charge in [-0.2, -0.15) is 0 Å². The van der Waals surface area contributed by atoms with Gasteiger partial charge in [-0.15, -0.1) is 18.3 Å². The number of halogens is 4. The quantitative estimate of drug-likeness (QED) is 0.785. The molecule has 1 aliphatic heterocycles. The summed E-state index contributed by atoms with van der Waals surface area (Å²) in [5.41, 5.74) is 1.53. The van der Waals surface area contributed by atoms with Crippen LogP contribution in [0, 0.1) is 5.82 Å². The van der Waals surface area contributed by atoms with Crippen molar-refractivity contribution >= 4 is 0 Å². The van der Waals surface area contributed by atoms with E-state index in [4.69, 9.17) is 4.74 Å². The van der Waals surface area contributed by atoms with E-state index >= 15 is 0 Å². The van der Waals surface area contributed by atoms with E-state index in [-0.39, 0.29) is 11.8 Å². The van der Waals surface area contributed by atoms with Gasteiger partial charge in [0.25, 0.3) is 0 Å². The fourth-order valence-electron chi connectivity index (χ4n) is 3.16. The average molecular weight is 373 g/mol. The molecule has 0 radical (unpaired) electrons. The predicted molar refractivity (Wildman–Crippen MR) is 85.8 cm³/mol. The number of hydrogen-bond donors (Lipinski definition) is 2. The second-order valence-electron chi connectivity index (χ2n) is 6.12. The van der Waals surface area contributed by atoms with Crippen molar-refractivity contribution in [1.29, 1.82) is 0 Å². The van der Waals surface area contributed by atoms with Gasteiger partial charge in [-0.1, -0.05) is 6.07 Å². The Hall–Kier alpha value is -2.29. The van der Waals surface area contributed by atoms with Crippen molar-refractivity contribution in [3.05, 3.63) is 41.3 Å². The van der Waals surface area contributed by atoms with Crippen molar-refractivity contribution in [1.82, 2.24) is 15.5 Å². The minimum absolute atomic E-state index is 0.0398. The Kier molecular flexibility index (Phi) is 5.36. The third-order valence-electron chi connectivity index (χ3n) is 4.31. The third-order valence-corrected chi connectivity index (χ3v) is 4.31. The van der Waals surface area contributed by atoms with Gasteiger partial charge in [0.2, 0.25) is 5.88 Å². The van der Waals surface area contributed by atoms with Crippen molar-refractivity contribution in [2.75, 3.05) is 19.7 Å². The van der Waals surface area contributed by atoms with Crippen LogP contribution in [-0.2, 0) is 0 Å². The van der Waals surface area contributed by atoms with Crippen LogP contribution in [0.3, 0.4) is 0 Å². The number of rotatable bonds is 5. The molecular formula is C17H19F4N3O2. The number of ether oxygens (including phenoxy) is 2. The average Bonchev–Trinajstić information content (AvgIpc) is 3.05. The topological polar surface area (TPSA) is 59.2 Å². The molecule has 9 heteroatoms. The number of nitrogens with one attached hydrogen (secondary N) is 2. The number of piperidine rings is 1. The lowest BCUT2D eigenvalue weighted by Crippen LogP contribution is -2.34. The summed E-state index contributed by atoms with van der Waals surface area (Å²) in [6, 6.07) is 5.43. The largest absolute Gasteiger partial charge is 0.573 e. The molecule has 0 aliphatic carbocycles. The number of hydrogen-bond acceptors (Lipinski definition) is 4. The van der Waals surface area contributed by atoms with Gasteiger partial charge in [0, 0.05) is 30.8 Å². The normalized spacial score (nSPS) is 20.8. The van der Waals surface area contributed by atoms with Crippen molar-refractivity contribution < 1.29 is 27.0 Å². The first-order valence-corrected chi connectivity index (χ1v) is 8.29. The van der Waals surface area contributed by atoms with Gasteiger partial charge in [-0.3, -0.25) is 5.10 Å². The lowest BCUT2D eigenvalue weighted by atomic mass is 9.84. The molecule has 142 valence electrons. The maximum atomic E-state index is 14.0. The second kappa shape index (κ2) is 7.53. The summed E-state index contributed by atoms with van der Waals surface area (Å²) in [6.45, 7) is 3.72. The molecule has 26 heavy (non-hydrogen) atoms. The van der Waals surface area contributed by atoms with E-state index in [2.05, 4.69) is 20.3 Å². The van der Waals surface area contributed by atoms with E-state index in [1.807, 2.05) is 13.0 Å². The molecule has 0 spiro atoms. The standard InChI is InChI=1S/C17H19F4N3O2/c1-2-25-16-7-14(23-24-16)12-5-11(8-22-9-12)10-3-4-15(13(18)6-10)26-17(19,20)21/h3-4,6-7,11-12,22H,2,5,8-9H2,1H3,(H,23,24).